The molecular weight excluding hydrogens is 268 g/mol. The van der Waals surface area contributed by atoms with Gasteiger partial charge in [0, 0.05) is 31.9 Å². The average molecular weight is 292 g/mol. The summed E-state index contributed by atoms with van der Waals surface area (Å²) in [5.74, 6) is 0. The number of likely N-dealkylation sites (tertiary alicyclic amines) is 1. The van der Waals surface area contributed by atoms with E-state index in [9.17, 15) is 5.26 Å². The lowest BCUT2D eigenvalue weighted by Crippen LogP contribution is -2.41. The van der Waals surface area contributed by atoms with Gasteiger partial charge in [0.25, 0.3) is 0 Å². The number of rotatable bonds is 5. The molecular formula is C15H24N4S. The van der Waals surface area contributed by atoms with Crippen LogP contribution >= 0.6 is 11.8 Å². The van der Waals surface area contributed by atoms with Crippen molar-refractivity contribution < 1.29 is 0 Å². The Morgan fingerprint density at radius 3 is 2.75 bits per heavy atom. The second-order valence-corrected chi connectivity index (χ2v) is 6.82. The van der Waals surface area contributed by atoms with Crippen LogP contribution in [0.25, 0.3) is 0 Å². The van der Waals surface area contributed by atoms with Gasteiger partial charge in [0.05, 0.1) is 11.8 Å². The molecule has 2 rings (SSSR count). The maximum atomic E-state index is 9.30. The summed E-state index contributed by atoms with van der Waals surface area (Å²) < 4.78 is 1.90. The molecule has 2 heterocycles. The van der Waals surface area contributed by atoms with Crippen LogP contribution in [0.3, 0.4) is 0 Å². The van der Waals surface area contributed by atoms with Gasteiger partial charge in [-0.2, -0.15) is 10.4 Å². The highest BCUT2D eigenvalue weighted by Gasteiger charge is 2.33. The first-order chi connectivity index (χ1) is 9.62. The predicted molar refractivity (Wildman–Crippen MR) is 83.6 cm³/mol. The highest BCUT2D eigenvalue weighted by molar-refractivity contribution is 8.00. The summed E-state index contributed by atoms with van der Waals surface area (Å²) in [5, 5.41) is 14.0. The molecule has 1 aliphatic heterocycles. The molecule has 5 heteroatoms. The molecule has 0 aromatic carbocycles. The van der Waals surface area contributed by atoms with Crippen LogP contribution in [-0.4, -0.2) is 38.8 Å². The molecule has 0 radical (unpaired) electrons. The van der Waals surface area contributed by atoms with Gasteiger partial charge in [-0.25, -0.2) is 0 Å². The Kier molecular flexibility index (Phi) is 5.11. The lowest BCUT2D eigenvalue weighted by atomic mass is 9.97. The Balaban J connectivity index is 1.90. The zero-order chi connectivity index (χ0) is 14.6. The van der Waals surface area contributed by atoms with E-state index in [4.69, 9.17) is 0 Å². The van der Waals surface area contributed by atoms with E-state index in [2.05, 4.69) is 46.9 Å². The van der Waals surface area contributed by atoms with Crippen LogP contribution < -0.4 is 0 Å². The summed E-state index contributed by atoms with van der Waals surface area (Å²) in [5.41, 5.74) is 1.14. The third kappa shape index (κ3) is 3.36. The van der Waals surface area contributed by atoms with Crippen molar-refractivity contribution in [2.24, 2.45) is 0 Å². The van der Waals surface area contributed by atoms with E-state index in [1.54, 1.807) is 11.8 Å². The van der Waals surface area contributed by atoms with Gasteiger partial charge < -0.3 is 0 Å². The molecule has 1 unspecified atom stereocenters. The molecule has 0 aliphatic carbocycles. The van der Waals surface area contributed by atoms with E-state index in [0.29, 0.717) is 6.04 Å². The minimum absolute atomic E-state index is 0.160. The number of nitrogens with zero attached hydrogens (tertiary/aromatic N) is 4. The van der Waals surface area contributed by atoms with E-state index < -0.39 is 0 Å². The van der Waals surface area contributed by atoms with Gasteiger partial charge in [-0.3, -0.25) is 9.58 Å². The molecule has 1 saturated heterocycles. The second-order valence-electron chi connectivity index (χ2n) is 5.63. The molecule has 1 aromatic heterocycles. The summed E-state index contributed by atoms with van der Waals surface area (Å²) in [6, 6.07) is 5.08. The van der Waals surface area contributed by atoms with Crippen LogP contribution in [0.5, 0.6) is 0 Å². The van der Waals surface area contributed by atoms with Crippen molar-refractivity contribution in [3.63, 3.8) is 0 Å². The van der Waals surface area contributed by atoms with Crippen molar-refractivity contribution in [3.8, 4) is 6.07 Å². The number of thioether (sulfide) groups is 1. The topological polar surface area (TPSA) is 44.9 Å². The third-order valence-corrected chi connectivity index (χ3v) is 5.63. The van der Waals surface area contributed by atoms with E-state index in [0.717, 1.165) is 44.6 Å². The van der Waals surface area contributed by atoms with E-state index in [-0.39, 0.29) is 4.75 Å². The van der Waals surface area contributed by atoms with Crippen molar-refractivity contribution in [3.05, 3.63) is 18.0 Å². The van der Waals surface area contributed by atoms with Gasteiger partial charge in [0.1, 0.15) is 4.75 Å². The largest absolute Gasteiger partial charge is 0.297 e. The Labute approximate surface area is 126 Å². The molecule has 1 aliphatic rings. The van der Waals surface area contributed by atoms with Crippen LogP contribution in [0.15, 0.2) is 12.3 Å². The van der Waals surface area contributed by atoms with Crippen LogP contribution in [0.1, 0.15) is 44.8 Å². The summed E-state index contributed by atoms with van der Waals surface area (Å²) in [7, 11) is 0. The molecule has 0 bridgehead atoms. The summed E-state index contributed by atoms with van der Waals surface area (Å²) in [4.78, 5) is 2.41. The van der Waals surface area contributed by atoms with Gasteiger partial charge in [0.15, 0.2) is 0 Å². The Morgan fingerprint density at radius 1 is 1.50 bits per heavy atom. The SMILES string of the molecule is CCC(C)n1ccc(CN2CCC(C#N)(SC)CC2)n1. The van der Waals surface area contributed by atoms with Gasteiger partial charge in [-0.15, -0.1) is 11.8 Å². The quantitative estimate of drug-likeness (QED) is 0.836. The highest BCUT2D eigenvalue weighted by atomic mass is 32.2. The Bertz CT molecular complexity index is 468. The third-order valence-electron chi connectivity index (χ3n) is 4.35. The number of aromatic nitrogens is 2. The molecule has 1 fully saturated rings. The molecule has 20 heavy (non-hydrogen) atoms. The van der Waals surface area contributed by atoms with Gasteiger partial charge >= 0.3 is 0 Å². The Hall–Kier alpha value is -0.990. The first kappa shape index (κ1) is 15.4. The van der Waals surface area contributed by atoms with E-state index >= 15 is 0 Å². The number of piperidine rings is 1. The summed E-state index contributed by atoms with van der Waals surface area (Å²) >= 11 is 1.71. The molecule has 0 amide bonds. The predicted octanol–water partition coefficient (Wildman–Crippen LogP) is 3.08. The monoisotopic (exact) mass is 292 g/mol. The van der Waals surface area contributed by atoms with Gasteiger partial charge in [0.2, 0.25) is 0 Å². The van der Waals surface area contributed by atoms with Crippen molar-refractivity contribution in [2.45, 2.75) is 50.4 Å². The Morgan fingerprint density at radius 2 is 2.20 bits per heavy atom. The molecule has 0 N–H and O–H groups in total. The van der Waals surface area contributed by atoms with Gasteiger partial charge in [-0.1, -0.05) is 6.92 Å². The molecule has 4 nitrogen and oxygen atoms in total. The highest BCUT2D eigenvalue weighted by Crippen LogP contribution is 2.34. The number of hydrogen-bond donors (Lipinski definition) is 0. The molecule has 0 spiro atoms. The van der Waals surface area contributed by atoms with E-state index in [1.807, 2.05) is 6.26 Å². The zero-order valence-electron chi connectivity index (χ0n) is 12.7. The van der Waals surface area contributed by atoms with Crippen molar-refractivity contribution in [2.75, 3.05) is 19.3 Å². The average Bonchev–Trinajstić information content (AvgIpc) is 2.96. The first-order valence-corrected chi connectivity index (χ1v) is 8.57. The van der Waals surface area contributed by atoms with Crippen LogP contribution in [0.2, 0.25) is 0 Å². The second kappa shape index (κ2) is 6.64. The lowest BCUT2D eigenvalue weighted by molar-refractivity contribution is 0.206. The fraction of sp³-hybridized carbons (Fsp3) is 0.733. The maximum absolute atomic E-state index is 9.30. The standard InChI is InChI=1S/C15H24N4S/c1-4-13(2)19-8-5-14(17-19)11-18-9-6-15(12-16,20-3)7-10-18/h5,8,13H,4,6-7,9-11H2,1-3H3. The van der Waals surface area contributed by atoms with E-state index in [1.165, 1.54) is 0 Å². The minimum atomic E-state index is -0.160. The van der Waals surface area contributed by atoms with Crippen molar-refractivity contribution >= 4 is 11.8 Å². The summed E-state index contributed by atoms with van der Waals surface area (Å²) in [6.07, 6.45) is 7.14. The minimum Gasteiger partial charge on any atom is -0.297 e. The van der Waals surface area contributed by atoms with Gasteiger partial charge in [-0.05, 0) is 38.5 Å². The molecule has 1 aromatic rings. The molecule has 0 saturated carbocycles. The van der Waals surface area contributed by atoms with Crippen LogP contribution in [-0.2, 0) is 6.54 Å². The fourth-order valence-corrected chi connectivity index (χ4v) is 3.24. The number of nitriles is 1. The number of hydrogen-bond acceptors (Lipinski definition) is 4. The maximum Gasteiger partial charge on any atom is 0.104 e. The van der Waals surface area contributed by atoms with Crippen molar-refractivity contribution in [1.82, 2.24) is 14.7 Å². The molecule has 1 atom stereocenters. The fourth-order valence-electron chi connectivity index (χ4n) is 2.56. The molecule has 110 valence electrons. The lowest BCUT2D eigenvalue weighted by Gasteiger charge is -2.35. The van der Waals surface area contributed by atoms with Crippen LogP contribution in [0.4, 0.5) is 0 Å². The normalized spacial score (nSPS) is 20.5. The van der Waals surface area contributed by atoms with Crippen molar-refractivity contribution in [1.29, 1.82) is 5.26 Å². The zero-order valence-corrected chi connectivity index (χ0v) is 13.5. The summed E-state index contributed by atoms with van der Waals surface area (Å²) in [6.45, 7) is 7.26. The van der Waals surface area contributed by atoms with Crippen LogP contribution in [0, 0.1) is 11.3 Å². The first-order valence-electron chi connectivity index (χ1n) is 7.35. The smallest absolute Gasteiger partial charge is 0.104 e.